The average Bonchev–Trinajstić information content (AvgIpc) is 2.75. The van der Waals surface area contributed by atoms with Gasteiger partial charge in [0.2, 0.25) is 0 Å². The summed E-state index contributed by atoms with van der Waals surface area (Å²) in [5.41, 5.74) is 1.78. The Hall–Kier alpha value is -2.99. The molecule has 158 valence electrons. The lowest BCUT2D eigenvalue weighted by molar-refractivity contribution is 0.175. The number of phenolic OH excluding ortho intramolecular Hbond substituents is 1. The minimum atomic E-state index is -0.450. The molecular weight excluding hydrogens is 382 g/mol. The fourth-order valence-corrected chi connectivity index (χ4v) is 4.24. The third kappa shape index (κ3) is 3.87. The van der Waals surface area contributed by atoms with E-state index in [4.69, 9.17) is 13.9 Å². The van der Waals surface area contributed by atoms with E-state index >= 15 is 0 Å². The first-order valence-electron chi connectivity index (χ1n) is 10.2. The van der Waals surface area contributed by atoms with Gasteiger partial charge in [-0.25, -0.2) is 4.79 Å². The van der Waals surface area contributed by atoms with Crippen molar-refractivity contribution in [3.05, 3.63) is 52.4 Å². The van der Waals surface area contributed by atoms with Gasteiger partial charge in [0.1, 0.15) is 11.3 Å². The molecule has 6 nitrogen and oxygen atoms in total. The summed E-state index contributed by atoms with van der Waals surface area (Å²) in [6, 6.07) is 10.6. The van der Waals surface area contributed by atoms with Crippen LogP contribution >= 0.6 is 0 Å². The predicted molar refractivity (Wildman–Crippen MR) is 116 cm³/mol. The lowest BCUT2D eigenvalue weighted by Gasteiger charge is -2.31. The monoisotopic (exact) mass is 409 g/mol. The molecule has 1 aliphatic heterocycles. The molecule has 0 saturated carbocycles. The Bertz CT molecular complexity index is 1120. The topological polar surface area (TPSA) is 72.1 Å². The van der Waals surface area contributed by atoms with Crippen molar-refractivity contribution in [2.45, 2.75) is 26.3 Å². The zero-order valence-corrected chi connectivity index (χ0v) is 17.6. The van der Waals surface area contributed by atoms with Crippen molar-refractivity contribution < 1.29 is 19.0 Å². The highest BCUT2D eigenvalue weighted by molar-refractivity contribution is 5.86. The quantitative estimate of drug-likeness (QED) is 0.629. The molecule has 0 spiro atoms. The molecule has 1 unspecified atom stereocenters. The van der Waals surface area contributed by atoms with Crippen LogP contribution in [0.25, 0.3) is 22.1 Å². The van der Waals surface area contributed by atoms with E-state index in [9.17, 15) is 9.90 Å². The van der Waals surface area contributed by atoms with Crippen LogP contribution in [0.4, 0.5) is 0 Å². The molecule has 0 aliphatic carbocycles. The van der Waals surface area contributed by atoms with Crippen molar-refractivity contribution in [3.63, 3.8) is 0 Å². The predicted octanol–water partition coefficient (Wildman–Crippen LogP) is 4.41. The molecule has 30 heavy (non-hydrogen) atoms. The van der Waals surface area contributed by atoms with Gasteiger partial charge in [0.25, 0.3) is 0 Å². The highest BCUT2D eigenvalue weighted by Crippen LogP contribution is 2.34. The van der Waals surface area contributed by atoms with Gasteiger partial charge >= 0.3 is 5.63 Å². The van der Waals surface area contributed by atoms with E-state index in [0.29, 0.717) is 46.2 Å². The molecule has 0 radical (unpaired) electrons. The van der Waals surface area contributed by atoms with Crippen molar-refractivity contribution in [1.82, 2.24) is 4.90 Å². The average molecular weight is 409 g/mol. The molecule has 1 aliphatic rings. The van der Waals surface area contributed by atoms with E-state index < -0.39 is 5.63 Å². The summed E-state index contributed by atoms with van der Waals surface area (Å²) in [4.78, 5) is 15.2. The largest absolute Gasteiger partial charge is 0.507 e. The number of fused-ring (bicyclic) bond motifs is 1. The summed E-state index contributed by atoms with van der Waals surface area (Å²) < 4.78 is 16.4. The molecular formula is C24H27NO5. The molecule has 0 amide bonds. The maximum absolute atomic E-state index is 12.9. The van der Waals surface area contributed by atoms with E-state index in [-0.39, 0.29) is 5.75 Å². The van der Waals surface area contributed by atoms with E-state index in [0.717, 1.165) is 24.9 Å². The fraction of sp³-hybridized carbons (Fsp3) is 0.375. The lowest BCUT2D eigenvalue weighted by Crippen LogP contribution is -2.33. The number of hydrogen-bond donors (Lipinski definition) is 1. The molecule has 1 N–H and O–H groups in total. The Morgan fingerprint density at radius 3 is 2.67 bits per heavy atom. The SMILES string of the molecule is COc1ccc(-c2cc3ccc(O)c(CN4CCCC(C)C4)c3oc2=O)cc1OC. The second-order valence-electron chi connectivity index (χ2n) is 7.98. The van der Waals surface area contributed by atoms with Gasteiger partial charge in [-0.3, -0.25) is 4.90 Å². The van der Waals surface area contributed by atoms with Crippen molar-refractivity contribution in [3.8, 4) is 28.4 Å². The van der Waals surface area contributed by atoms with Crippen LogP contribution in [-0.2, 0) is 6.54 Å². The van der Waals surface area contributed by atoms with Gasteiger partial charge in [-0.2, -0.15) is 0 Å². The van der Waals surface area contributed by atoms with Gasteiger partial charge in [-0.05, 0) is 61.2 Å². The molecule has 2 heterocycles. The second kappa shape index (κ2) is 8.40. The van der Waals surface area contributed by atoms with Crippen molar-refractivity contribution >= 4 is 11.0 Å². The minimum Gasteiger partial charge on any atom is -0.507 e. The number of rotatable bonds is 5. The first-order valence-corrected chi connectivity index (χ1v) is 10.2. The summed E-state index contributed by atoms with van der Waals surface area (Å²) in [6.45, 7) is 4.76. The van der Waals surface area contributed by atoms with E-state index in [2.05, 4.69) is 11.8 Å². The molecule has 6 heteroatoms. The van der Waals surface area contributed by atoms with Gasteiger partial charge in [-0.15, -0.1) is 0 Å². The Morgan fingerprint density at radius 2 is 1.93 bits per heavy atom. The maximum Gasteiger partial charge on any atom is 0.344 e. The van der Waals surface area contributed by atoms with Gasteiger partial charge in [0.05, 0.1) is 25.3 Å². The molecule has 1 atom stereocenters. The first kappa shape index (κ1) is 20.3. The number of ether oxygens (including phenoxy) is 2. The second-order valence-corrected chi connectivity index (χ2v) is 7.98. The van der Waals surface area contributed by atoms with E-state index in [1.165, 1.54) is 6.42 Å². The molecule has 4 rings (SSSR count). The van der Waals surface area contributed by atoms with Crippen LogP contribution in [0.15, 0.2) is 45.6 Å². The zero-order chi connectivity index (χ0) is 21.3. The highest BCUT2D eigenvalue weighted by Gasteiger charge is 2.21. The standard InChI is InChI=1S/C24H27NO5/c1-15-5-4-10-25(13-15)14-19-20(26)8-6-17-11-18(24(27)30-23(17)19)16-7-9-21(28-2)22(12-16)29-3/h6-9,11-12,15,26H,4-5,10,13-14H2,1-3H3. The van der Waals surface area contributed by atoms with Gasteiger partial charge in [0.15, 0.2) is 11.5 Å². The smallest absolute Gasteiger partial charge is 0.344 e. The Balaban J connectivity index is 1.76. The number of phenols is 1. The number of hydrogen-bond acceptors (Lipinski definition) is 6. The van der Waals surface area contributed by atoms with Crippen LogP contribution < -0.4 is 15.1 Å². The molecule has 3 aromatic rings. The van der Waals surface area contributed by atoms with Crippen molar-refractivity contribution in [2.75, 3.05) is 27.3 Å². The maximum atomic E-state index is 12.9. The Labute approximate surface area is 175 Å². The number of methoxy groups -OCH3 is 2. The number of piperidine rings is 1. The van der Waals surface area contributed by atoms with E-state index in [1.54, 1.807) is 44.6 Å². The number of likely N-dealkylation sites (tertiary alicyclic amines) is 1. The summed E-state index contributed by atoms with van der Waals surface area (Å²) in [5, 5.41) is 11.3. The van der Waals surface area contributed by atoms with Gasteiger partial charge in [-0.1, -0.05) is 13.0 Å². The third-order valence-corrected chi connectivity index (χ3v) is 5.80. The van der Waals surface area contributed by atoms with Crippen LogP contribution in [0.1, 0.15) is 25.3 Å². The summed E-state index contributed by atoms with van der Waals surface area (Å²) in [6.07, 6.45) is 2.36. The van der Waals surface area contributed by atoms with Gasteiger partial charge in [0, 0.05) is 18.5 Å². The summed E-state index contributed by atoms with van der Waals surface area (Å²) >= 11 is 0. The first-order chi connectivity index (χ1) is 14.5. The van der Waals surface area contributed by atoms with Gasteiger partial charge < -0.3 is 19.0 Å². The minimum absolute atomic E-state index is 0.155. The van der Waals surface area contributed by atoms with Crippen molar-refractivity contribution in [2.24, 2.45) is 5.92 Å². The molecule has 1 saturated heterocycles. The molecule has 1 fully saturated rings. The Morgan fingerprint density at radius 1 is 1.13 bits per heavy atom. The summed E-state index contributed by atoms with van der Waals surface area (Å²) in [7, 11) is 3.13. The van der Waals surface area contributed by atoms with Crippen LogP contribution in [-0.4, -0.2) is 37.3 Å². The Kier molecular flexibility index (Phi) is 5.68. The molecule has 1 aromatic heterocycles. The summed E-state index contributed by atoms with van der Waals surface area (Å²) in [5.74, 6) is 1.91. The lowest BCUT2D eigenvalue weighted by atomic mass is 9.99. The number of benzene rings is 2. The van der Waals surface area contributed by atoms with E-state index in [1.807, 2.05) is 6.07 Å². The third-order valence-electron chi connectivity index (χ3n) is 5.80. The zero-order valence-electron chi connectivity index (χ0n) is 17.6. The van der Waals surface area contributed by atoms with Crippen LogP contribution in [0, 0.1) is 5.92 Å². The van der Waals surface area contributed by atoms with Crippen LogP contribution in [0.3, 0.4) is 0 Å². The molecule has 0 bridgehead atoms. The van der Waals surface area contributed by atoms with Crippen LogP contribution in [0.2, 0.25) is 0 Å². The van der Waals surface area contributed by atoms with Crippen molar-refractivity contribution in [1.29, 1.82) is 0 Å². The normalized spacial score (nSPS) is 17.2. The molecule has 2 aromatic carbocycles. The number of aromatic hydroxyl groups is 1. The fourth-order valence-electron chi connectivity index (χ4n) is 4.24. The highest BCUT2D eigenvalue weighted by atomic mass is 16.5. The van der Waals surface area contributed by atoms with Crippen LogP contribution in [0.5, 0.6) is 17.2 Å². The number of nitrogens with zero attached hydrogens (tertiary/aromatic N) is 1.